The number of nitrogens with zero attached hydrogens (tertiary/aromatic N) is 1. The van der Waals surface area contributed by atoms with Gasteiger partial charge in [0.1, 0.15) is 23.7 Å². The third kappa shape index (κ3) is 4.48. The van der Waals surface area contributed by atoms with Crippen molar-refractivity contribution in [1.82, 2.24) is 5.32 Å². The predicted molar refractivity (Wildman–Crippen MR) is 116 cm³/mol. The number of ether oxygens (including phenoxy) is 2. The lowest BCUT2D eigenvalue weighted by atomic mass is 9.90. The van der Waals surface area contributed by atoms with Gasteiger partial charge in [-0.3, -0.25) is 4.79 Å². The fourth-order valence-electron chi connectivity index (χ4n) is 3.49. The summed E-state index contributed by atoms with van der Waals surface area (Å²) in [5.74, 6) is 0.777. The molecule has 1 amide bonds. The van der Waals surface area contributed by atoms with E-state index in [0.717, 1.165) is 5.56 Å². The molecule has 0 aliphatic carbocycles. The van der Waals surface area contributed by atoms with Crippen molar-refractivity contribution in [3.63, 3.8) is 0 Å². The number of carbonyl (C=O) groups excluding carboxylic acids is 1. The molecule has 0 bridgehead atoms. The van der Waals surface area contributed by atoms with Gasteiger partial charge in [-0.25, -0.2) is 0 Å². The Morgan fingerprint density at radius 1 is 1.37 bits per heavy atom. The van der Waals surface area contributed by atoms with Crippen LogP contribution in [-0.2, 0) is 4.74 Å². The van der Waals surface area contributed by atoms with Crippen LogP contribution in [0.5, 0.6) is 5.75 Å². The summed E-state index contributed by atoms with van der Waals surface area (Å²) in [7, 11) is 0. The number of fused-ring (bicyclic) bond motifs is 1. The summed E-state index contributed by atoms with van der Waals surface area (Å²) in [4.78, 5) is 13.7. The topological polar surface area (TPSA) is 105 Å². The van der Waals surface area contributed by atoms with Crippen LogP contribution in [0.15, 0.2) is 27.0 Å². The first-order chi connectivity index (χ1) is 14.3. The second-order valence-corrected chi connectivity index (χ2v) is 8.16. The summed E-state index contributed by atoms with van der Waals surface area (Å²) in [5, 5.41) is 22.5. The third-order valence-corrected chi connectivity index (χ3v) is 5.95. The van der Waals surface area contributed by atoms with Crippen LogP contribution in [0.2, 0.25) is 0 Å². The molecule has 30 heavy (non-hydrogen) atoms. The van der Waals surface area contributed by atoms with Crippen molar-refractivity contribution in [2.45, 2.75) is 39.2 Å². The lowest BCUT2D eigenvalue weighted by molar-refractivity contribution is 0.0125. The SMILES string of the molecule is C/C(C#N)=C(/S)COc1cc2c(C(=O)NC3(CO)CCOCC3)c(C)oc2cc1C. The summed E-state index contributed by atoms with van der Waals surface area (Å²) in [6.45, 7) is 6.28. The van der Waals surface area contributed by atoms with Gasteiger partial charge in [0, 0.05) is 29.1 Å². The number of rotatable bonds is 6. The number of hydrogen-bond acceptors (Lipinski definition) is 7. The number of nitriles is 1. The van der Waals surface area contributed by atoms with Crippen molar-refractivity contribution < 1.29 is 23.8 Å². The minimum atomic E-state index is -0.698. The van der Waals surface area contributed by atoms with E-state index in [2.05, 4.69) is 17.9 Å². The van der Waals surface area contributed by atoms with E-state index in [0.29, 0.717) is 64.6 Å². The molecule has 2 aromatic rings. The largest absolute Gasteiger partial charge is 0.488 e. The summed E-state index contributed by atoms with van der Waals surface area (Å²) in [6, 6.07) is 5.64. The van der Waals surface area contributed by atoms with Gasteiger partial charge >= 0.3 is 0 Å². The van der Waals surface area contributed by atoms with Gasteiger partial charge in [-0.1, -0.05) is 0 Å². The minimum Gasteiger partial charge on any atom is -0.488 e. The van der Waals surface area contributed by atoms with E-state index < -0.39 is 5.54 Å². The molecular weight excluding hydrogens is 404 g/mol. The van der Waals surface area contributed by atoms with Crippen molar-refractivity contribution in [2.75, 3.05) is 26.4 Å². The molecule has 3 rings (SSSR count). The van der Waals surface area contributed by atoms with E-state index in [1.807, 2.05) is 19.1 Å². The van der Waals surface area contributed by atoms with Crippen LogP contribution in [0.3, 0.4) is 0 Å². The zero-order valence-corrected chi connectivity index (χ0v) is 18.3. The Kier molecular flexibility index (Phi) is 6.76. The van der Waals surface area contributed by atoms with Gasteiger partial charge in [-0.05, 0) is 51.3 Å². The second-order valence-electron chi connectivity index (χ2n) is 7.62. The molecule has 0 unspecified atom stereocenters. The molecule has 8 heteroatoms. The number of benzene rings is 1. The number of aliphatic hydroxyl groups excluding tert-OH is 1. The lowest BCUT2D eigenvalue weighted by Gasteiger charge is -2.36. The lowest BCUT2D eigenvalue weighted by Crippen LogP contribution is -2.54. The van der Waals surface area contributed by atoms with E-state index in [-0.39, 0.29) is 19.1 Å². The number of aliphatic hydroxyl groups is 1. The molecule has 1 fully saturated rings. The summed E-state index contributed by atoms with van der Waals surface area (Å²) in [5.41, 5.74) is 1.64. The zero-order chi connectivity index (χ0) is 21.9. The van der Waals surface area contributed by atoms with Crippen LogP contribution in [-0.4, -0.2) is 43.0 Å². The maximum atomic E-state index is 13.1. The number of furan rings is 1. The number of carbonyl (C=O) groups is 1. The maximum absolute atomic E-state index is 13.1. The monoisotopic (exact) mass is 430 g/mol. The fraction of sp³-hybridized carbons (Fsp3) is 0.455. The van der Waals surface area contributed by atoms with Gasteiger partial charge in [0.15, 0.2) is 0 Å². The van der Waals surface area contributed by atoms with Gasteiger partial charge in [-0.2, -0.15) is 5.26 Å². The van der Waals surface area contributed by atoms with Crippen LogP contribution >= 0.6 is 12.6 Å². The Morgan fingerprint density at radius 3 is 2.70 bits per heavy atom. The standard InChI is InChI=1S/C22H26N2O5S/c1-13-8-18-16(9-17(13)28-11-19(30)14(2)10-23)20(15(3)29-18)21(26)24-22(12-25)4-6-27-7-5-22/h8-9,25,30H,4-7,11-12H2,1-3H3,(H,24,26)/b19-14-. The summed E-state index contributed by atoms with van der Waals surface area (Å²) >= 11 is 4.31. The van der Waals surface area contributed by atoms with Crippen LogP contribution < -0.4 is 10.1 Å². The van der Waals surface area contributed by atoms with Crippen LogP contribution in [0.4, 0.5) is 0 Å². The molecule has 0 saturated carbocycles. The van der Waals surface area contributed by atoms with Crippen molar-refractivity contribution in [3.8, 4) is 11.8 Å². The third-order valence-electron chi connectivity index (χ3n) is 5.48. The predicted octanol–water partition coefficient (Wildman–Crippen LogP) is 3.43. The molecule has 1 saturated heterocycles. The van der Waals surface area contributed by atoms with Gasteiger partial charge in [0.05, 0.1) is 23.8 Å². The smallest absolute Gasteiger partial charge is 0.255 e. The second kappa shape index (κ2) is 9.13. The van der Waals surface area contributed by atoms with Crippen molar-refractivity contribution in [2.24, 2.45) is 0 Å². The molecule has 1 aromatic heterocycles. The highest BCUT2D eigenvalue weighted by Crippen LogP contribution is 2.33. The average Bonchev–Trinajstić information content (AvgIpc) is 3.06. The van der Waals surface area contributed by atoms with Crippen molar-refractivity contribution in [3.05, 3.63) is 39.5 Å². The summed E-state index contributed by atoms with van der Waals surface area (Å²) in [6.07, 6.45) is 1.10. The molecule has 1 aliphatic rings. The first kappa shape index (κ1) is 22.2. The van der Waals surface area contributed by atoms with E-state index in [4.69, 9.17) is 19.2 Å². The first-order valence-corrected chi connectivity index (χ1v) is 10.2. The Morgan fingerprint density at radius 2 is 2.07 bits per heavy atom. The molecule has 0 atom stereocenters. The van der Waals surface area contributed by atoms with E-state index >= 15 is 0 Å². The van der Waals surface area contributed by atoms with E-state index in [1.54, 1.807) is 19.9 Å². The maximum Gasteiger partial charge on any atom is 0.255 e. The molecule has 1 aliphatic heterocycles. The van der Waals surface area contributed by atoms with Crippen LogP contribution in [0.1, 0.15) is 41.4 Å². The Bertz CT molecular complexity index is 1030. The van der Waals surface area contributed by atoms with Crippen LogP contribution in [0.25, 0.3) is 11.0 Å². The minimum absolute atomic E-state index is 0.153. The van der Waals surface area contributed by atoms with E-state index in [9.17, 15) is 9.90 Å². The molecular formula is C22H26N2O5S. The van der Waals surface area contributed by atoms with Gasteiger partial charge in [0.25, 0.3) is 5.91 Å². The average molecular weight is 431 g/mol. The number of aryl methyl sites for hydroxylation is 2. The molecule has 160 valence electrons. The van der Waals surface area contributed by atoms with Crippen molar-refractivity contribution in [1.29, 1.82) is 5.26 Å². The van der Waals surface area contributed by atoms with Gasteiger partial charge < -0.3 is 24.3 Å². The van der Waals surface area contributed by atoms with E-state index in [1.165, 1.54) is 0 Å². The molecule has 0 spiro atoms. The summed E-state index contributed by atoms with van der Waals surface area (Å²) < 4.78 is 17.0. The first-order valence-electron chi connectivity index (χ1n) is 9.76. The Balaban J connectivity index is 1.92. The molecule has 0 radical (unpaired) electrons. The number of amides is 1. The fourth-order valence-corrected chi connectivity index (χ4v) is 3.61. The normalized spacial score (nSPS) is 16.7. The molecule has 1 aromatic carbocycles. The highest BCUT2D eigenvalue weighted by atomic mass is 32.1. The Labute approximate surface area is 181 Å². The highest BCUT2D eigenvalue weighted by Gasteiger charge is 2.35. The number of thiol groups is 1. The van der Waals surface area contributed by atoms with Crippen LogP contribution in [0, 0.1) is 25.2 Å². The number of hydrogen-bond donors (Lipinski definition) is 3. The van der Waals surface area contributed by atoms with Gasteiger partial charge in [0.2, 0.25) is 0 Å². The Hall–Kier alpha value is -2.47. The molecule has 2 heterocycles. The quantitative estimate of drug-likeness (QED) is 0.479. The number of nitrogens with one attached hydrogen (secondary N) is 1. The van der Waals surface area contributed by atoms with Crippen molar-refractivity contribution >= 4 is 29.5 Å². The molecule has 2 N–H and O–H groups in total. The van der Waals surface area contributed by atoms with Gasteiger partial charge in [-0.15, -0.1) is 12.6 Å². The zero-order valence-electron chi connectivity index (χ0n) is 17.4. The molecule has 7 nitrogen and oxygen atoms in total. The number of allylic oxidation sites excluding steroid dienone is 1. The highest BCUT2D eigenvalue weighted by molar-refractivity contribution is 7.84.